The van der Waals surface area contributed by atoms with Crippen molar-refractivity contribution < 1.29 is 56.6 Å². The van der Waals surface area contributed by atoms with Crippen molar-refractivity contribution in [3.8, 4) is 0 Å². The molecule has 0 spiro atoms. The molecule has 164 valence electrons. The molecule has 9 unspecified atom stereocenters. The highest BCUT2D eigenvalue weighted by Gasteiger charge is 2.50. The Labute approximate surface area is 161 Å². The molecule has 0 radical (unpaired) electrons. The fourth-order valence-corrected chi connectivity index (χ4v) is 3.69. The minimum absolute atomic E-state index is 0.389. The first-order chi connectivity index (χ1) is 12.9. The molecule has 9 atom stereocenters. The molecule has 1 amide bonds. The van der Waals surface area contributed by atoms with Crippen LogP contribution in [0.5, 0.6) is 0 Å². The Kier molecular flexibility index (Phi) is 7.71. The minimum atomic E-state index is -5.02. The van der Waals surface area contributed by atoms with E-state index in [9.17, 15) is 33.6 Å². The second kappa shape index (κ2) is 9.25. The Bertz CT molecular complexity index is 644. The topological polar surface area (TPSA) is 201 Å². The van der Waals surface area contributed by atoms with Crippen molar-refractivity contribution >= 4 is 16.3 Å². The van der Waals surface area contributed by atoms with Crippen molar-refractivity contribution in [2.24, 2.45) is 0 Å². The first-order valence-corrected chi connectivity index (χ1v) is 9.81. The van der Waals surface area contributed by atoms with Gasteiger partial charge in [0.05, 0.1) is 25.4 Å². The van der Waals surface area contributed by atoms with Crippen molar-refractivity contribution in [1.82, 2.24) is 5.32 Å². The number of ether oxygens (including phenoxy) is 3. The SMILES string of the molecule is CC(=O)NC1C(C)OC(CO)C(OS(=O)(=O)O)C1OC1OCC(O)C(O)C1O. The van der Waals surface area contributed by atoms with Crippen LogP contribution >= 0.6 is 0 Å². The molecule has 2 heterocycles. The van der Waals surface area contributed by atoms with Crippen molar-refractivity contribution in [2.75, 3.05) is 13.2 Å². The van der Waals surface area contributed by atoms with E-state index in [1.165, 1.54) is 13.8 Å². The molecule has 13 nitrogen and oxygen atoms in total. The van der Waals surface area contributed by atoms with Crippen molar-refractivity contribution in [2.45, 2.75) is 68.9 Å². The number of amides is 1. The van der Waals surface area contributed by atoms with Gasteiger partial charge in [-0.1, -0.05) is 0 Å². The summed E-state index contributed by atoms with van der Waals surface area (Å²) < 4.78 is 52.4. The maximum absolute atomic E-state index is 11.6. The van der Waals surface area contributed by atoms with Gasteiger partial charge < -0.3 is 40.0 Å². The summed E-state index contributed by atoms with van der Waals surface area (Å²) in [6, 6.07) is -1.04. The summed E-state index contributed by atoms with van der Waals surface area (Å²) in [6.07, 6.45) is -11.3. The summed E-state index contributed by atoms with van der Waals surface area (Å²) in [5.41, 5.74) is 0. The molecule has 0 saturated carbocycles. The second-order valence-electron chi connectivity index (χ2n) is 6.63. The molecule has 0 aromatic carbocycles. The van der Waals surface area contributed by atoms with Crippen molar-refractivity contribution in [1.29, 1.82) is 0 Å². The fraction of sp³-hybridized carbons (Fsp3) is 0.929. The monoisotopic (exact) mass is 431 g/mol. The molecule has 2 rings (SSSR count). The summed E-state index contributed by atoms with van der Waals surface area (Å²) in [7, 11) is -5.02. The van der Waals surface area contributed by atoms with Gasteiger partial charge in [-0.3, -0.25) is 9.35 Å². The van der Waals surface area contributed by atoms with Crippen LogP contribution in [0.15, 0.2) is 0 Å². The number of nitrogens with one attached hydrogen (secondary N) is 1. The summed E-state index contributed by atoms with van der Waals surface area (Å²) in [5.74, 6) is -0.525. The van der Waals surface area contributed by atoms with Gasteiger partial charge in [-0.15, -0.1) is 0 Å². The fourth-order valence-electron chi connectivity index (χ4n) is 3.18. The lowest BCUT2D eigenvalue weighted by Gasteiger charge is -2.46. The lowest BCUT2D eigenvalue weighted by molar-refractivity contribution is -0.308. The molecular weight excluding hydrogens is 406 g/mol. The van der Waals surface area contributed by atoms with E-state index in [-0.39, 0.29) is 6.61 Å². The first kappa shape index (κ1) is 23.3. The van der Waals surface area contributed by atoms with Gasteiger partial charge in [0, 0.05) is 6.92 Å². The number of rotatable bonds is 6. The first-order valence-electron chi connectivity index (χ1n) is 8.45. The molecule has 0 bridgehead atoms. The Morgan fingerprint density at radius 3 is 2.39 bits per heavy atom. The van der Waals surface area contributed by atoms with Crippen LogP contribution in [0.3, 0.4) is 0 Å². The van der Waals surface area contributed by atoms with E-state index in [2.05, 4.69) is 9.50 Å². The smallest absolute Gasteiger partial charge is 0.394 e. The normalized spacial score (nSPS) is 42.2. The predicted molar refractivity (Wildman–Crippen MR) is 88.1 cm³/mol. The highest BCUT2D eigenvalue weighted by atomic mass is 32.3. The maximum Gasteiger partial charge on any atom is 0.397 e. The third-order valence-electron chi connectivity index (χ3n) is 4.47. The molecule has 0 aliphatic carbocycles. The van der Waals surface area contributed by atoms with Gasteiger partial charge in [0.2, 0.25) is 5.91 Å². The van der Waals surface area contributed by atoms with Crippen LogP contribution in [0.2, 0.25) is 0 Å². The second-order valence-corrected chi connectivity index (χ2v) is 7.68. The molecule has 2 fully saturated rings. The summed E-state index contributed by atoms with van der Waals surface area (Å²) >= 11 is 0. The van der Waals surface area contributed by atoms with Gasteiger partial charge in [-0.05, 0) is 6.92 Å². The quantitative estimate of drug-likeness (QED) is 0.225. The van der Waals surface area contributed by atoms with Crippen LogP contribution in [0.1, 0.15) is 13.8 Å². The van der Waals surface area contributed by atoms with Crippen molar-refractivity contribution in [3.05, 3.63) is 0 Å². The van der Waals surface area contributed by atoms with E-state index in [0.717, 1.165) is 0 Å². The minimum Gasteiger partial charge on any atom is -0.394 e. The maximum atomic E-state index is 11.6. The van der Waals surface area contributed by atoms with Crippen LogP contribution < -0.4 is 5.32 Å². The molecule has 2 aliphatic heterocycles. The van der Waals surface area contributed by atoms with Crippen LogP contribution in [0.4, 0.5) is 0 Å². The molecule has 28 heavy (non-hydrogen) atoms. The Morgan fingerprint density at radius 2 is 1.86 bits per heavy atom. The molecule has 2 aliphatic rings. The van der Waals surface area contributed by atoms with E-state index in [1.54, 1.807) is 0 Å². The average molecular weight is 431 g/mol. The number of carbonyl (C=O) groups excluding carboxylic acids is 1. The van der Waals surface area contributed by atoms with Crippen molar-refractivity contribution in [3.63, 3.8) is 0 Å². The van der Waals surface area contributed by atoms with Gasteiger partial charge in [-0.2, -0.15) is 8.42 Å². The Hall–Kier alpha value is -0.940. The number of aliphatic hydroxyl groups excluding tert-OH is 4. The highest BCUT2D eigenvalue weighted by molar-refractivity contribution is 7.80. The molecule has 0 aromatic rings. The van der Waals surface area contributed by atoms with E-state index >= 15 is 0 Å². The number of hydrogen-bond acceptors (Lipinski definition) is 11. The molecule has 14 heteroatoms. The van der Waals surface area contributed by atoms with Gasteiger partial charge in [0.15, 0.2) is 6.29 Å². The van der Waals surface area contributed by atoms with Crippen LogP contribution in [-0.2, 0) is 33.6 Å². The molecule has 6 N–H and O–H groups in total. The number of aliphatic hydroxyl groups is 4. The van der Waals surface area contributed by atoms with E-state index < -0.39 is 78.0 Å². The average Bonchev–Trinajstić information content (AvgIpc) is 2.58. The summed E-state index contributed by atoms with van der Waals surface area (Å²) in [4.78, 5) is 11.6. The summed E-state index contributed by atoms with van der Waals surface area (Å²) in [6.45, 7) is 1.60. The zero-order chi connectivity index (χ0) is 21.2. The third kappa shape index (κ3) is 5.56. The lowest BCUT2D eigenvalue weighted by atomic mass is 9.93. The Morgan fingerprint density at radius 1 is 1.21 bits per heavy atom. The molecule has 2 saturated heterocycles. The molecular formula is C14H25NO12S. The van der Waals surface area contributed by atoms with Gasteiger partial charge in [0.1, 0.15) is 36.6 Å². The number of carbonyl (C=O) groups is 1. The third-order valence-corrected chi connectivity index (χ3v) is 4.93. The van der Waals surface area contributed by atoms with Gasteiger partial charge in [-0.25, -0.2) is 4.18 Å². The zero-order valence-electron chi connectivity index (χ0n) is 15.1. The molecule has 0 aromatic heterocycles. The van der Waals surface area contributed by atoms with E-state index in [1.807, 2.05) is 0 Å². The van der Waals surface area contributed by atoms with E-state index in [4.69, 9.17) is 18.8 Å². The highest BCUT2D eigenvalue weighted by Crippen LogP contribution is 2.30. The summed E-state index contributed by atoms with van der Waals surface area (Å²) in [5, 5.41) is 41.4. The van der Waals surface area contributed by atoms with Crippen LogP contribution in [0.25, 0.3) is 0 Å². The van der Waals surface area contributed by atoms with E-state index in [0.29, 0.717) is 0 Å². The zero-order valence-corrected chi connectivity index (χ0v) is 15.9. The lowest BCUT2D eigenvalue weighted by Crippen LogP contribution is -2.67. The Balaban J connectivity index is 2.34. The largest absolute Gasteiger partial charge is 0.397 e. The number of hydrogen-bond donors (Lipinski definition) is 6. The van der Waals surface area contributed by atoms with Crippen LogP contribution in [0, 0.1) is 0 Å². The predicted octanol–water partition coefficient (Wildman–Crippen LogP) is -3.72. The van der Waals surface area contributed by atoms with Gasteiger partial charge >= 0.3 is 10.4 Å². The van der Waals surface area contributed by atoms with Gasteiger partial charge in [0.25, 0.3) is 0 Å². The van der Waals surface area contributed by atoms with Crippen LogP contribution in [-0.4, -0.2) is 108 Å². The standard InChI is InChI=1S/C14H25NO12S/c1-5-9(15-6(2)17)13(12(8(3-16)25-5)27-28(21,22)23)26-14-11(20)10(19)7(18)4-24-14/h5,7-14,16,18-20H,3-4H2,1-2H3,(H,15,17)(H,21,22,23).